The molecule has 0 fully saturated rings. The highest BCUT2D eigenvalue weighted by molar-refractivity contribution is 5.98. The SMILES string of the molecule is C=CCN(CC(=O)OCC)C(=O)C(C)=Cc1ccccc1.CC(=O)O. The molecule has 1 aromatic rings. The molecule has 0 aliphatic rings. The first-order chi connectivity index (χ1) is 11.8. The smallest absolute Gasteiger partial charge is 0.325 e. The molecule has 0 saturated heterocycles. The molecule has 6 heteroatoms. The highest BCUT2D eigenvalue weighted by Gasteiger charge is 2.18. The second-order valence-electron chi connectivity index (χ2n) is 5.04. The molecule has 1 aromatic carbocycles. The summed E-state index contributed by atoms with van der Waals surface area (Å²) in [6, 6.07) is 9.56. The first-order valence-electron chi connectivity index (χ1n) is 7.80. The van der Waals surface area contributed by atoms with Crippen molar-refractivity contribution in [2.45, 2.75) is 20.8 Å². The maximum Gasteiger partial charge on any atom is 0.325 e. The number of ether oxygens (including phenoxy) is 1. The lowest BCUT2D eigenvalue weighted by atomic mass is 10.1. The average molecular weight is 347 g/mol. The molecule has 0 aliphatic carbocycles. The van der Waals surface area contributed by atoms with Crippen LogP contribution in [0.2, 0.25) is 0 Å². The van der Waals surface area contributed by atoms with E-state index in [1.165, 1.54) is 4.90 Å². The largest absolute Gasteiger partial charge is 0.481 e. The van der Waals surface area contributed by atoms with Gasteiger partial charge in [-0.25, -0.2) is 0 Å². The number of hydrogen-bond acceptors (Lipinski definition) is 4. The van der Waals surface area contributed by atoms with E-state index in [-0.39, 0.29) is 12.5 Å². The summed E-state index contributed by atoms with van der Waals surface area (Å²) < 4.78 is 4.88. The van der Waals surface area contributed by atoms with Crippen LogP contribution in [0.1, 0.15) is 26.3 Å². The molecule has 25 heavy (non-hydrogen) atoms. The molecule has 0 unspecified atom stereocenters. The van der Waals surface area contributed by atoms with Crippen molar-refractivity contribution in [1.82, 2.24) is 4.90 Å². The Morgan fingerprint density at radius 1 is 1.20 bits per heavy atom. The van der Waals surface area contributed by atoms with Crippen LogP contribution in [0, 0.1) is 0 Å². The number of rotatable bonds is 7. The van der Waals surface area contributed by atoms with Crippen LogP contribution in [0.5, 0.6) is 0 Å². The standard InChI is InChI=1S/C17H21NO3.C2H4O2/c1-4-11-18(13-16(19)21-5-2)17(20)14(3)12-15-9-7-6-8-10-15;1-2(3)4/h4,6-10,12H,1,5,11,13H2,2-3H3;1H3,(H,3,4). The number of carboxylic acid groups (broad SMARTS) is 1. The number of carboxylic acids is 1. The van der Waals surface area contributed by atoms with Gasteiger partial charge in [0.2, 0.25) is 5.91 Å². The number of carbonyl (C=O) groups excluding carboxylic acids is 2. The van der Waals surface area contributed by atoms with E-state index >= 15 is 0 Å². The van der Waals surface area contributed by atoms with Crippen LogP contribution < -0.4 is 0 Å². The number of amides is 1. The number of carbonyl (C=O) groups is 3. The molecule has 0 heterocycles. The van der Waals surface area contributed by atoms with Crippen molar-refractivity contribution >= 4 is 23.9 Å². The van der Waals surface area contributed by atoms with Gasteiger partial charge in [0.05, 0.1) is 6.61 Å². The molecule has 0 aromatic heterocycles. The normalized spacial score (nSPS) is 10.1. The van der Waals surface area contributed by atoms with Crippen molar-refractivity contribution in [3.05, 3.63) is 54.1 Å². The third-order valence-corrected chi connectivity index (χ3v) is 2.78. The first-order valence-corrected chi connectivity index (χ1v) is 7.80. The zero-order valence-corrected chi connectivity index (χ0v) is 14.9. The summed E-state index contributed by atoms with van der Waals surface area (Å²) in [6.45, 7) is 8.70. The highest BCUT2D eigenvalue weighted by Crippen LogP contribution is 2.09. The van der Waals surface area contributed by atoms with Gasteiger partial charge in [-0.2, -0.15) is 0 Å². The summed E-state index contributed by atoms with van der Waals surface area (Å²) in [6.07, 6.45) is 3.39. The number of benzene rings is 1. The van der Waals surface area contributed by atoms with Gasteiger partial charge in [-0.3, -0.25) is 14.4 Å². The van der Waals surface area contributed by atoms with Crippen molar-refractivity contribution < 1.29 is 24.2 Å². The van der Waals surface area contributed by atoms with Crippen molar-refractivity contribution in [3.8, 4) is 0 Å². The second-order valence-corrected chi connectivity index (χ2v) is 5.04. The third-order valence-electron chi connectivity index (χ3n) is 2.78. The minimum atomic E-state index is -0.833. The van der Waals surface area contributed by atoms with Crippen LogP contribution in [0.4, 0.5) is 0 Å². The number of nitrogens with zero attached hydrogens (tertiary/aromatic N) is 1. The van der Waals surface area contributed by atoms with Gasteiger partial charge in [0.25, 0.3) is 5.97 Å². The molecule has 0 radical (unpaired) electrons. The Morgan fingerprint density at radius 2 is 1.76 bits per heavy atom. The summed E-state index contributed by atoms with van der Waals surface area (Å²) in [5.41, 5.74) is 1.50. The van der Waals surface area contributed by atoms with E-state index in [9.17, 15) is 9.59 Å². The lowest BCUT2D eigenvalue weighted by Gasteiger charge is -2.20. The van der Waals surface area contributed by atoms with Crippen LogP contribution in [-0.4, -0.2) is 47.5 Å². The number of aliphatic carboxylic acids is 1. The molecule has 1 N–H and O–H groups in total. The van der Waals surface area contributed by atoms with Crippen LogP contribution >= 0.6 is 0 Å². The fourth-order valence-corrected chi connectivity index (χ4v) is 1.85. The van der Waals surface area contributed by atoms with Crippen molar-refractivity contribution in [1.29, 1.82) is 0 Å². The van der Waals surface area contributed by atoms with E-state index in [0.717, 1.165) is 12.5 Å². The van der Waals surface area contributed by atoms with E-state index in [4.69, 9.17) is 14.6 Å². The zero-order valence-electron chi connectivity index (χ0n) is 14.9. The Labute approximate surface area is 148 Å². The van der Waals surface area contributed by atoms with E-state index in [2.05, 4.69) is 6.58 Å². The summed E-state index contributed by atoms with van der Waals surface area (Å²) in [5, 5.41) is 7.42. The molecule has 136 valence electrons. The zero-order chi connectivity index (χ0) is 19.2. The molecule has 1 amide bonds. The number of esters is 1. The fourth-order valence-electron chi connectivity index (χ4n) is 1.85. The molecule has 0 saturated carbocycles. The van der Waals surface area contributed by atoms with Gasteiger partial charge in [-0.1, -0.05) is 36.4 Å². The third kappa shape index (κ3) is 10.5. The Bertz CT molecular complexity index is 604. The molecule has 0 bridgehead atoms. The molecule has 1 rings (SSSR count). The van der Waals surface area contributed by atoms with E-state index in [1.54, 1.807) is 26.0 Å². The predicted molar refractivity (Wildman–Crippen MR) is 96.8 cm³/mol. The van der Waals surface area contributed by atoms with E-state index in [0.29, 0.717) is 18.7 Å². The second kappa shape index (κ2) is 12.5. The predicted octanol–water partition coefficient (Wildman–Crippen LogP) is 2.76. The Balaban J connectivity index is 0.00000129. The molecule has 6 nitrogen and oxygen atoms in total. The molecular weight excluding hydrogens is 322 g/mol. The topological polar surface area (TPSA) is 83.9 Å². The quantitative estimate of drug-likeness (QED) is 0.466. The van der Waals surface area contributed by atoms with Crippen molar-refractivity contribution in [2.75, 3.05) is 19.7 Å². The molecule has 0 aliphatic heterocycles. The van der Waals surface area contributed by atoms with Crippen LogP contribution in [0.3, 0.4) is 0 Å². The van der Waals surface area contributed by atoms with Gasteiger partial charge in [-0.15, -0.1) is 6.58 Å². The highest BCUT2D eigenvalue weighted by atomic mass is 16.5. The summed E-state index contributed by atoms with van der Waals surface area (Å²) in [7, 11) is 0. The Kier molecular flexibility index (Phi) is 11.1. The van der Waals surface area contributed by atoms with Gasteiger partial charge in [-0.05, 0) is 25.5 Å². The average Bonchev–Trinajstić information content (AvgIpc) is 2.54. The number of hydrogen-bond donors (Lipinski definition) is 1. The molecule has 0 atom stereocenters. The summed E-state index contributed by atoms with van der Waals surface area (Å²) >= 11 is 0. The first kappa shape index (κ1) is 22.1. The van der Waals surface area contributed by atoms with Gasteiger partial charge in [0.15, 0.2) is 0 Å². The maximum absolute atomic E-state index is 12.4. The minimum absolute atomic E-state index is 0.0708. The molecular formula is C19H25NO5. The van der Waals surface area contributed by atoms with Crippen molar-refractivity contribution in [3.63, 3.8) is 0 Å². The monoisotopic (exact) mass is 347 g/mol. The van der Waals surface area contributed by atoms with Crippen LogP contribution in [-0.2, 0) is 19.1 Å². The minimum Gasteiger partial charge on any atom is -0.481 e. The summed E-state index contributed by atoms with van der Waals surface area (Å²) in [5.74, 6) is -1.45. The Morgan fingerprint density at radius 3 is 2.24 bits per heavy atom. The maximum atomic E-state index is 12.4. The van der Waals surface area contributed by atoms with Gasteiger partial charge < -0.3 is 14.7 Å². The van der Waals surface area contributed by atoms with Gasteiger partial charge >= 0.3 is 5.97 Å². The van der Waals surface area contributed by atoms with E-state index in [1.807, 2.05) is 30.3 Å². The van der Waals surface area contributed by atoms with Crippen molar-refractivity contribution in [2.24, 2.45) is 0 Å². The lowest BCUT2D eigenvalue weighted by molar-refractivity contribution is -0.147. The van der Waals surface area contributed by atoms with Gasteiger partial charge in [0, 0.05) is 19.0 Å². The fraction of sp³-hybridized carbons (Fsp3) is 0.316. The summed E-state index contributed by atoms with van der Waals surface area (Å²) in [4.78, 5) is 34.3. The lowest BCUT2D eigenvalue weighted by Crippen LogP contribution is -2.37. The molecule has 0 spiro atoms. The van der Waals surface area contributed by atoms with Gasteiger partial charge in [0.1, 0.15) is 6.54 Å². The van der Waals surface area contributed by atoms with Crippen LogP contribution in [0.25, 0.3) is 6.08 Å². The van der Waals surface area contributed by atoms with Crippen LogP contribution in [0.15, 0.2) is 48.6 Å². The Hall–Kier alpha value is -2.89. The van der Waals surface area contributed by atoms with E-state index < -0.39 is 11.9 Å².